The monoisotopic (exact) mass is 187 g/mol. The molecule has 0 aromatic rings. The Hall–Kier alpha value is -1.14. The fourth-order valence-corrected chi connectivity index (χ4v) is 1.93. The standard InChI is InChI=1S/C7H9NO5/c8-7(6(11)12)1-13-4-2(3(4)7)5(9)10/h2-4H,1,8H2,(H,9,10)(H,11,12)/t2-,3+,4+,7+/m0/s1. The van der Waals surface area contributed by atoms with Crippen molar-refractivity contribution in [1.29, 1.82) is 0 Å². The third-order valence-electron chi connectivity index (χ3n) is 2.75. The quantitative estimate of drug-likeness (QED) is 0.485. The first-order valence-corrected chi connectivity index (χ1v) is 3.85. The van der Waals surface area contributed by atoms with Crippen LogP contribution in [-0.4, -0.2) is 40.4 Å². The van der Waals surface area contributed by atoms with Crippen LogP contribution in [0.2, 0.25) is 0 Å². The highest BCUT2D eigenvalue weighted by Crippen LogP contribution is 2.53. The minimum absolute atomic E-state index is 0.0958. The van der Waals surface area contributed by atoms with E-state index in [9.17, 15) is 9.59 Å². The molecule has 72 valence electrons. The van der Waals surface area contributed by atoms with Gasteiger partial charge in [0.2, 0.25) is 0 Å². The second-order valence-electron chi connectivity index (χ2n) is 3.51. The van der Waals surface area contributed by atoms with Gasteiger partial charge in [-0.3, -0.25) is 9.59 Å². The third-order valence-corrected chi connectivity index (χ3v) is 2.75. The van der Waals surface area contributed by atoms with Gasteiger partial charge >= 0.3 is 11.9 Å². The van der Waals surface area contributed by atoms with Crippen molar-refractivity contribution in [3.05, 3.63) is 0 Å². The fraction of sp³-hybridized carbons (Fsp3) is 0.714. The Kier molecular flexibility index (Phi) is 1.44. The average molecular weight is 187 g/mol. The molecule has 2 aliphatic rings. The van der Waals surface area contributed by atoms with Crippen molar-refractivity contribution in [2.75, 3.05) is 6.61 Å². The van der Waals surface area contributed by atoms with Gasteiger partial charge in [-0.05, 0) is 0 Å². The summed E-state index contributed by atoms with van der Waals surface area (Å²) in [5.41, 5.74) is 4.02. The van der Waals surface area contributed by atoms with Crippen LogP contribution in [-0.2, 0) is 14.3 Å². The largest absolute Gasteiger partial charge is 0.481 e. The van der Waals surface area contributed by atoms with E-state index in [2.05, 4.69) is 0 Å². The topological polar surface area (TPSA) is 110 Å². The Morgan fingerprint density at radius 2 is 2.08 bits per heavy atom. The van der Waals surface area contributed by atoms with Gasteiger partial charge < -0.3 is 20.7 Å². The van der Waals surface area contributed by atoms with Crippen LogP contribution in [0.1, 0.15) is 0 Å². The first-order chi connectivity index (χ1) is 5.98. The van der Waals surface area contributed by atoms with Crippen molar-refractivity contribution < 1.29 is 24.5 Å². The van der Waals surface area contributed by atoms with Gasteiger partial charge in [-0.2, -0.15) is 0 Å². The van der Waals surface area contributed by atoms with E-state index in [0.717, 1.165) is 0 Å². The van der Waals surface area contributed by atoms with Crippen LogP contribution < -0.4 is 5.73 Å². The van der Waals surface area contributed by atoms with Gasteiger partial charge in [-0.15, -0.1) is 0 Å². The summed E-state index contributed by atoms with van der Waals surface area (Å²) < 4.78 is 4.99. The lowest BCUT2D eigenvalue weighted by atomic mass is 9.95. The molecular weight excluding hydrogens is 178 g/mol. The van der Waals surface area contributed by atoms with E-state index in [1.807, 2.05) is 0 Å². The summed E-state index contributed by atoms with van der Waals surface area (Å²) in [6, 6.07) is 0. The van der Waals surface area contributed by atoms with Gasteiger partial charge in [0.15, 0.2) is 0 Å². The van der Waals surface area contributed by atoms with E-state index in [0.29, 0.717) is 0 Å². The molecule has 2 fully saturated rings. The minimum Gasteiger partial charge on any atom is -0.481 e. The van der Waals surface area contributed by atoms with E-state index in [4.69, 9.17) is 20.7 Å². The number of hydrogen-bond donors (Lipinski definition) is 3. The summed E-state index contributed by atoms with van der Waals surface area (Å²) in [4.78, 5) is 21.3. The number of fused-ring (bicyclic) bond motifs is 1. The summed E-state index contributed by atoms with van der Waals surface area (Å²) >= 11 is 0. The van der Waals surface area contributed by atoms with Gasteiger partial charge in [0, 0.05) is 5.92 Å². The molecule has 0 spiro atoms. The molecule has 0 amide bonds. The van der Waals surface area contributed by atoms with Crippen molar-refractivity contribution in [3.8, 4) is 0 Å². The maximum absolute atomic E-state index is 10.7. The summed E-state index contributed by atoms with van der Waals surface area (Å²) in [6.07, 6.45) is -0.501. The maximum Gasteiger partial charge on any atom is 0.326 e. The van der Waals surface area contributed by atoms with Crippen molar-refractivity contribution in [3.63, 3.8) is 0 Å². The third kappa shape index (κ3) is 0.895. The van der Waals surface area contributed by atoms with Crippen LogP contribution in [0.5, 0.6) is 0 Å². The summed E-state index contributed by atoms with van der Waals surface area (Å²) in [7, 11) is 0. The molecule has 0 unspecified atom stereocenters. The van der Waals surface area contributed by atoms with Gasteiger partial charge in [-0.1, -0.05) is 0 Å². The number of rotatable bonds is 2. The lowest BCUT2D eigenvalue weighted by molar-refractivity contribution is -0.147. The number of hydrogen-bond acceptors (Lipinski definition) is 4. The average Bonchev–Trinajstić information content (AvgIpc) is 2.66. The molecule has 0 radical (unpaired) electrons. The zero-order chi connectivity index (χ0) is 9.80. The predicted molar refractivity (Wildman–Crippen MR) is 38.9 cm³/mol. The van der Waals surface area contributed by atoms with Crippen LogP contribution in [0.15, 0.2) is 0 Å². The molecule has 0 aromatic carbocycles. The number of aliphatic carboxylic acids is 2. The number of ether oxygens (including phenoxy) is 1. The highest BCUT2D eigenvalue weighted by Gasteiger charge is 2.72. The zero-order valence-electron chi connectivity index (χ0n) is 6.64. The van der Waals surface area contributed by atoms with E-state index >= 15 is 0 Å². The highest BCUT2D eigenvalue weighted by atomic mass is 16.5. The minimum atomic E-state index is -1.51. The van der Waals surface area contributed by atoms with Crippen molar-refractivity contribution in [2.24, 2.45) is 17.6 Å². The van der Waals surface area contributed by atoms with Crippen LogP contribution in [0.25, 0.3) is 0 Å². The molecule has 0 aromatic heterocycles. The smallest absolute Gasteiger partial charge is 0.326 e. The van der Waals surface area contributed by atoms with E-state index in [1.54, 1.807) is 0 Å². The molecule has 1 heterocycles. The van der Waals surface area contributed by atoms with Crippen molar-refractivity contribution in [1.82, 2.24) is 0 Å². The Balaban J connectivity index is 2.20. The zero-order valence-corrected chi connectivity index (χ0v) is 6.64. The highest BCUT2D eigenvalue weighted by molar-refractivity contribution is 5.85. The Morgan fingerprint density at radius 3 is 2.46 bits per heavy atom. The second kappa shape index (κ2) is 2.21. The van der Waals surface area contributed by atoms with Gasteiger partial charge in [0.05, 0.1) is 18.6 Å². The normalized spacial score (nSPS) is 47.0. The van der Waals surface area contributed by atoms with Gasteiger partial charge in [0.1, 0.15) is 5.54 Å². The van der Waals surface area contributed by atoms with E-state index in [1.165, 1.54) is 0 Å². The van der Waals surface area contributed by atoms with Crippen molar-refractivity contribution in [2.45, 2.75) is 11.6 Å². The first kappa shape index (κ1) is 8.46. The molecule has 1 saturated carbocycles. The molecule has 4 N–H and O–H groups in total. The number of carboxylic acid groups (broad SMARTS) is 2. The second-order valence-corrected chi connectivity index (χ2v) is 3.51. The summed E-state index contributed by atoms with van der Waals surface area (Å²) in [6.45, 7) is -0.0958. The van der Waals surface area contributed by atoms with Crippen LogP contribution in [0.3, 0.4) is 0 Å². The molecular formula is C7H9NO5. The molecule has 6 nitrogen and oxygen atoms in total. The molecule has 4 atom stereocenters. The SMILES string of the molecule is N[C@]1(C(=O)O)CO[C@@H]2[C@@H](C(=O)O)[C@H]21. The molecule has 0 bridgehead atoms. The van der Waals surface area contributed by atoms with Gasteiger partial charge in [0.25, 0.3) is 0 Å². The molecule has 6 heteroatoms. The maximum atomic E-state index is 10.7. The van der Waals surface area contributed by atoms with Crippen molar-refractivity contribution >= 4 is 11.9 Å². The Bertz CT molecular complexity index is 291. The molecule has 2 rings (SSSR count). The summed E-state index contributed by atoms with van der Waals surface area (Å²) in [5.74, 6) is -3.54. The first-order valence-electron chi connectivity index (χ1n) is 3.85. The van der Waals surface area contributed by atoms with E-state index < -0.39 is 35.4 Å². The number of carboxylic acids is 2. The summed E-state index contributed by atoms with van der Waals surface area (Å²) in [5, 5.41) is 17.4. The fourth-order valence-electron chi connectivity index (χ4n) is 1.93. The molecule has 1 aliphatic carbocycles. The Labute approximate surface area is 73.3 Å². The molecule has 1 aliphatic heterocycles. The predicted octanol–water partition coefficient (Wildman–Crippen LogP) is -1.50. The Morgan fingerprint density at radius 1 is 1.46 bits per heavy atom. The lowest BCUT2D eigenvalue weighted by Gasteiger charge is -2.19. The lowest BCUT2D eigenvalue weighted by Crippen LogP contribution is -2.52. The van der Waals surface area contributed by atoms with Gasteiger partial charge in [-0.25, -0.2) is 0 Å². The van der Waals surface area contributed by atoms with Crippen LogP contribution >= 0.6 is 0 Å². The number of nitrogens with two attached hydrogens (primary N) is 1. The van der Waals surface area contributed by atoms with E-state index in [-0.39, 0.29) is 6.61 Å². The van der Waals surface area contributed by atoms with Crippen LogP contribution in [0.4, 0.5) is 0 Å². The molecule has 13 heavy (non-hydrogen) atoms. The number of carbonyl (C=O) groups is 2. The molecule has 1 saturated heterocycles. The van der Waals surface area contributed by atoms with Crippen LogP contribution in [0, 0.1) is 11.8 Å².